The predicted octanol–water partition coefficient (Wildman–Crippen LogP) is 3.60. The third kappa shape index (κ3) is 3.88. The zero-order valence-corrected chi connectivity index (χ0v) is 16.9. The highest BCUT2D eigenvalue weighted by Crippen LogP contribution is 2.43. The zero-order chi connectivity index (χ0) is 20.7. The Morgan fingerprint density at radius 3 is 2.50 bits per heavy atom. The van der Waals surface area contributed by atoms with Crippen molar-refractivity contribution in [1.29, 1.82) is 0 Å². The minimum absolute atomic E-state index is 0.167. The van der Waals surface area contributed by atoms with Gasteiger partial charge in [-0.2, -0.15) is 0 Å². The summed E-state index contributed by atoms with van der Waals surface area (Å²) >= 11 is 0. The molecule has 1 aliphatic heterocycles. The molecule has 0 unspecified atom stereocenters. The zero-order valence-electron chi connectivity index (χ0n) is 16.9. The van der Waals surface area contributed by atoms with Crippen LogP contribution in [-0.4, -0.2) is 34.8 Å². The summed E-state index contributed by atoms with van der Waals surface area (Å²) in [5.74, 6) is -0.700. The van der Waals surface area contributed by atoms with Crippen molar-refractivity contribution in [2.45, 2.75) is 58.9 Å². The lowest BCUT2D eigenvalue weighted by Crippen LogP contribution is -2.51. The van der Waals surface area contributed by atoms with Gasteiger partial charge < -0.3 is 10.6 Å². The molecule has 4 amide bonds. The first kappa shape index (κ1) is 20.3. The van der Waals surface area contributed by atoms with Gasteiger partial charge in [0.1, 0.15) is 17.9 Å². The Hall–Kier alpha value is -2.44. The molecule has 1 aliphatic carbocycles. The van der Waals surface area contributed by atoms with Crippen LogP contribution in [0, 0.1) is 24.1 Å². The summed E-state index contributed by atoms with van der Waals surface area (Å²) in [7, 11) is 0. The SMILES string of the molecule is Cc1cc(F)ccc1NC(=O)CN1C(=O)NC2(CCC(C(C)(C)C)CC2)C1=O. The summed E-state index contributed by atoms with van der Waals surface area (Å²) in [6.45, 7) is 7.90. The van der Waals surface area contributed by atoms with Crippen molar-refractivity contribution in [3.05, 3.63) is 29.6 Å². The van der Waals surface area contributed by atoms with E-state index >= 15 is 0 Å². The van der Waals surface area contributed by atoms with E-state index in [1.54, 1.807) is 6.92 Å². The maximum absolute atomic E-state index is 13.2. The molecule has 6 nitrogen and oxygen atoms in total. The van der Waals surface area contributed by atoms with E-state index in [9.17, 15) is 18.8 Å². The summed E-state index contributed by atoms with van der Waals surface area (Å²) in [6.07, 6.45) is 2.91. The molecule has 0 atom stereocenters. The lowest BCUT2D eigenvalue weighted by molar-refractivity contribution is -0.135. The Kier molecular flexibility index (Phi) is 5.21. The van der Waals surface area contributed by atoms with Crippen molar-refractivity contribution >= 4 is 23.5 Å². The number of halogens is 1. The summed E-state index contributed by atoms with van der Waals surface area (Å²) in [6, 6.07) is 3.50. The Morgan fingerprint density at radius 1 is 1.29 bits per heavy atom. The predicted molar refractivity (Wildman–Crippen MR) is 104 cm³/mol. The third-order valence-electron chi connectivity index (χ3n) is 6.07. The normalized spacial score (nSPS) is 25.2. The number of carbonyl (C=O) groups excluding carboxylic acids is 3. The fourth-order valence-corrected chi connectivity index (χ4v) is 4.24. The number of imide groups is 1. The molecular weight excluding hydrogens is 361 g/mol. The van der Waals surface area contributed by atoms with Crippen LogP contribution in [0.3, 0.4) is 0 Å². The highest BCUT2D eigenvalue weighted by Gasteiger charge is 2.53. The molecule has 2 N–H and O–H groups in total. The molecule has 0 bridgehead atoms. The highest BCUT2D eigenvalue weighted by atomic mass is 19.1. The molecule has 3 rings (SSSR count). The summed E-state index contributed by atoms with van der Waals surface area (Å²) in [5, 5.41) is 5.48. The smallest absolute Gasteiger partial charge is 0.324 e. The minimum Gasteiger partial charge on any atom is -0.324 e. The number of urea groups is 1. The molecule has 0 aromatic heterocycles. The number of carbonyl (C=O) groups is 3. The minimum atomic E-state index is -0.884. The van der Waals surface area contributed by atoms with Crippen LogP contribution in [0.2, 0.25) is 0 Å². The average molecular weight is 389 g/mol. The largest absolute Gasteiger partial charge is 0.325 e. The van der Waals surface area contributed by atoms with E-state index in [0.29, 0.717) is 30.0 Å². The fourth-order valence-electron chi connectivity index (χ4n) is 4.24. The second kappa shape index (κ2) is 7.18. The van der Waals surface area contributed by atoms with E-state index in [2.05, 4.69) is 31.4 Å². The summed E-state index contributed by atoms with van der Waals surface area (Å²) in [4.78, 5) is 38.7. The number of benzene rings is 1. The van der Waals surface area contributed by atoms with Crippen molar-refractivity contribution in [2.24, 2.45) is 11.3 Å². The summed E-state index contributed by atoms with van der Waals surface area (Å²) < 4.78 is 13.2. The van der Waals surface area contributed by atoms with Gasteiger partial charge in [-0.25, -0.2) is 9.18 Å². The standard InChI is InChI=1S/C21H28FN3O3/c1-13-11-15(22)5-6-16(13)23-17(26)12-25-18(27)21(24-19(25)28)9-7-14(8-10-21)20(2,3)4/h5-6,11,14H,7-10,12H2,1-4H3,(H,23,26)(H,24,28). The van der Waals surface area contributed by atoms with E-state index in [4.69, 9.17) is 0 Å². The van der Waals surface area contributed by atoms with Gasteiger partial charge in [0.2, 0.25) is 5.91 Å². The Bertz CT molecular complexity index is 808. The average Bonchev–Trinajstić information content (AvgIpc) is 2.81. The van der Waals surface area contributed by atoms with Crippen LogP contribution in [0.1, 0.15) is 52.0 Å². The van der Waals surface area contributed by atoms with Crippen molar-refractivity contribution in [3.63, 3.8) is 0 Å². The number of amides is 4. The number of anilines is 1. The fraction of sp³-hybridized carbons (Fsp3) is 0.571. The molecule has 7 heteroatoms. The van der Waals surface area contributed by atoms with Crippen LogP contribution in [-0.2, 0) is 9.59 Å². The van der Waals surface area contributed by atoms with Gasteiger partial charge >= 0.3 is 6.03 Å². The monoisotopic (exact) mass is 389 g/mol. The highest BCUT2D eigenvalue weighted by molar-refractivity contribution is 6.10. The van der Waals surface area contributed by atoms with E-state index in [-0.39, 0.29) is 17.9 Å². The molecule has 1 saturated heterocycles. The van der Waals surface area contributed by atoms with Gasteiger partial charge in [0.05, 0.1) is 0 Å². The second-order valence-corrected chi connectivity index (χ2v) is 9.05. The quantitative estimate of drug-likeness (QED) is 0.776. The number of aryl methyl sites for hydroxylation is 1. The Morgan fingerprint density at radius 2 is 1.93 bits per heavy atom. The molecule has 1 spiro atoms. The first-order chi connectivity index (χ1) is 13.0. The van der Waals surface area contributed by atoms with E-state index in [1.807, 2.05) is 0 Å². The van der Waals surface area contributed by atoms with Crippen LogP contribution in [0.25, 0.3) is 0 Å². The molecule has 1 aromatic carbocycles. The Balaban J connectivity index is 1.65. The van der Waals surface area contributed by atoms with Gasteiger partial charge in [0, 0.05) is 5.69 Å². The van der Waals surface area contributed by atoms with Gasteiger partial charge in [-0.05, 0) is 67.7 Å². The topological polar surface area (TPSA) is 78.5 Å². The van der Waals surface area contributed by atoms with Gasteiger partial charge in [-0.15, -0.1) is 0 Å². The first-order valence-electron chi connectivity index (χ1n) is 9.72. The molecule has 28 heavy (non-hydrogen) atoms. The van der Waals surface area contributed by atoms with Crippen molar-refractivity contribution in [2.75, 3.05) is 11.9 Å². The molecule has 152 valence electrons. The van der Waals surface area contributed by atoms with Gasteiger partial charge in [-0.3, -0.25) is 14.5 Å². The molecule has 1 aromatic rings. The Labute approximate surface area is 164 Å². The number of rotatable bonds is 3. The number of hydrogen-bond donors (Lipinski definition) is 2. The molecule has 2 fully saturated rings. The van der Waals surface area contributed by atoms with E-state index < -0.39 is 23.3 Å². The van der Waals surface area contributed by atoms with Crippen LogP contribution >= 0.6 is 0 Å². The molecular formula is C21H28FN3O3. The van der Waals surface area contributed by atoms with Gasteiger partial charge in [-0.1, -0.05) is 20.8 Å². The van der Waals surface area contributed by atoms with Crippen LogP contribution in [0.15, 0.2) is 18.2 Å². The lowest BCUT2D eigenvalue weighted by atomic mass is 9.67. The van der Waals surface area contributed by atoms with Crippen LogP contribution in [0.4, 0.5) is 14.9 Å². The molecule has 1 saturated carbocycles. The first-order valence-corrected chi connectivity index (χ1v) is 9.72. The molecule has 1 heterocycles. The third-order valence-corrected chi connectivity index (χ3v) is 6.07. The van der Waals surface area contributed by atoms with Crippen molar-refractivity contribution in [1.82, 2.24) is 10.2 Å². The van der Waals surface area contributed by atoms with Crippen LogP contribution in [0.5, 0.6) is 0 Å². The van der Waals surface area contributed by atoms with Crippen molar-refractivity contribution < 1.29 is 18.8 Å². The second-order valence-electron chi connectivity index (χ2n) is 9.05. The lowest BCUT2D eigenvalue weighted by Gasteiger charge is -2.40. The maximum atomic E-state index is 13.2. The molecule has 0 radical (unpaired) electrons. The number of nitrogens with one attached hydrogen (secondary N) is 2. The van der Waals surface area contributed by atoms with Crippen molar-refractivity contribution in [3.8, 4) is 0 Å². The van der Waals surface area contributed by atoms with Gasteiger partial charge in [0.25, 0.3) is 5.91 Å². The van der Waals surface area contributed by atoms with E-state index in [0.717, 1.165) is 17.7 Å². The van der Waals surface area contributed by atoms with Crippen LogP contribution < -0.4 is 10.6 Å². The number of nitrogens with zero attached hydrogens (tertiary/aromatic N) is 1. The summed E-state index contributed by atoms with van der Waals surface area (Å²) in [5.41, 5.74) is 0.312. The molecule has 2 aliphatic rings. The van der Waals surface area contributed by atoms with E-state index in [1.165, 1.54) is 18.2 Å². The maximum Gasteiger partial charge on any atom is 0.325 e. The number of hydrogen-bond acceptors (Lipinski definition) is 3. The van der Waals surface area contributed by atoms with Gasteiger partial charge in [0.15, 0.2) is 0 Å².